The number of hydrogen-bond acceptors (Lipinski definition) is 3. The second-order valence-corrected chi connectivity index (χ2v) is 6.21. The van der Waals surface area contributed by atoms with Crippen molar-refractivity contribution in [2.75, 3.05) is 13.1 Å². The molecule has 0 radical (unpaired) electrons. The number of rotatable bonds is 5. The molecule has 1 amide bonds. The van der Waals surface area contributed by atoms with E-state index in [1.54, 1.807) is 4.68 Å². The average Bonchev–Trinajstić information content (AvgIpc) is 2.86. The van der Waals surface area contributed by atoms with Crippen molar-refractivity contribution in [2.24, 2.45) is 7.05 Å². The van der Waals surface area contributed by atoms with Crippen LogP contribution in [0.25, 0.3) is 0 Å². The van der Waals surface area contributed by atoms with Crippen molar-refractivity contribution in [1.82, 2.24) is 20.0 Å². The molecule has 1 aliphatic heterocycles. The first kappa shape index (κ1) is 16.0. The van der Waals surface area contributed by atoms with E-state index in [9.17, 15) is 4.79 Å². The molecule has 1 unspecified atom stereocenters. The van der Waals surface area contributed by atoms with Crippen LogP contribution in [0.2, 0.25) is 0 Å². The van der Waals surface area contributed by atoms with E-state index in [1.807, 2.05) is 25.1 Å². The molecule has 5 heteroatoms. The lowest BCUT2D eigenvalue weighted by molar-refractivity contribution is 0.0675. The van der Waals surface area contributed by atoms with E-state index in [1.165, 1.54) is 12.8 Å². The Bertz CT molecular complexity index is 475. The van der Waals surface area contributed by atoms with Gasteiger partial charge in [0.15, 0.2) is 0 Å². The first-order valence-corrected chi connectivity index (χ1v) is 8.09. The van der Waals surface area contributed by atoms with Gasteiger partial charge in [-0.1, -0.05) is 13.3 Å². The van der Waals surface area contributed by atoms with Gasteiger partial charge < -0.3 is 10.2 Å². The van der Waals surface area contributed by atoms with Gasteiger partial charge in [-0.2, -0.15) is 5.10 Å². The smallest absolute Gasteiger partial charge is 0.257 e. The van der Waals surface area contributed by atoms with E-state index in [2.05, 4.69) is 24.3 Å². The molecule has 118 valence electrons. The predicted molar refractivity (Wildman–Crippen MR) is 84.4 cm³/mol. The van der Waals surface area contributed by atoms with Crippen molar-refractivity contribution >= 4 is 5.91 Å². The Hall–Kier alpha value is -1.36. The molecule has 1 atom stereocenters. The summed E-state index contributed by atoms with van der Waals surface area (Å²) >= 11 is 0. The van der Waals surface area contributed by atoms with Crippen molar-refractivity contribution in [2.45, 2.75) is 58.5 Å². The van der Waals surface area contributed by atoms with Crippen LogP contribution in [-0.4, -0.2) is 45.8 Å². The second kappa shape index (κ2) is 7.07. The molecular weight excluding hydrogens is 264 g/mol. The van der Waals surface area contributed by atoms with Gasteiger partial charge in [0.1, 0.15) is 0 Å². The number of nitrogens with one attached hydrogen (secondary N) is 1. The summed E-state index contributed by atoms with van der Waals surface area (Å²) in [7, 11) is 1.87. The Morgan fingerprint density at radius 2 is 2.29 bits per heavy atom. The monoisotopic (exact) mass is 292 g/mol. The summed E-state index contributed by atoms with van der Waals surface area (Å²) in [6.45, 7) is 8.07. The molecule has 1 saturated heterocycles. The van der Waals surface area contributed by atoms with Crippen molar-refractivity contribution < 1.29 is 4.79 Å². The number of amides is 1. The van der Waals surface area contributed by atoms with E-state index in [0.29, 0.717) is 6.04 Å². The lowest BCUT2D eigenvalue weighted by atomic mass is 10.0. The zero-order valence-electron chi connectivity index (χ0n) is 13.7. The summed E-state index contributed by atoms with van der Waals surface area (Å²) < 4.78 is 1.74. The predicted octanol–water partition coefficient (Wildman–Crippen LogP) is 1.98. The highest BCUT2D eigenvalue weighted by Crippen LogP contribution is 2.16. The quantitative estimate of drug-likeness (QED) is 0.903. The van der Waals surface area contributed by atoms with E-state index in [-0.39, 0.29) is 11.9 Å². The van der Waals surface area contributed by atoms with Crippen LogP contribution in [0.4, 0.5) is 0 Å². The zero-order valence-corrected chi connectivity index (χ0v) is 13.7. The Labute approximate surface area is 127 Å². The normalized spacial score (nSPS) is 19.0. The van der Waals surface area contributed by atoms with E-state index >= 15 is 0 Å². The Morgan fingerprint density at radius 3 is 2.86 bits per heavy atom. The van der Waals surface area contributed by atoms with E-state index < -0.39 is 0 Å². The molecule has 0 aromatic carbocycles. The van der Waals surface area contributed by atoms with E-state index in [4.69, 9.17) is 0 Å². The average molecular weight is 292 g/mol. The molecule has 1 N–H and O–H groups in total. The number of nitrogens with zero attached hydrogens (tertiary/aromatic N) is 3. The molecule has 0 spiro atoms. The van der Waals surface area contributed by atoms with Crippen LogP contribution in [-0.2, 0) is 13.5 Å². The van der Waals surface area contributed by atoms with Crippen LogP contribution in [0.5, 0.6) is 0 Å². The summed E-state index contributed by atoms with van der Waals surface area (Å²) in [6.07, 6.45) is 6.30. The van der Waals surface area contributed by atoms with Gasteiger partial charge in [-0.15, -0.1) is 0 Å². The molecule has 2 rings (SSSR count). The summed E-state index contributed by atoms with van der Waals surface area (Å²) in [6, 6.07) is 0.623. The van der Waals surface area contributed by atoms with Crippen LogP contribution in [0, 0.1) is 0 Å². The van der Waals surface area contributed by atoms with Crippen LogP contribution < -0.4 is 5.32 Å². The zero-order chi connectivity index (χ0) is 15.4. The topological polar surface area (TPSA) is 50.2 Å². The minimum atomic E-state index is 0.113. The summed E-state index contributed by atoms with van der Waals surface area (Å²) in [4.78, 5) is 14.9. The van der Waals surface area contributed by atoms with Gasteiger partial charge in [-0.05, 0) is 39.7 Å². The molecule has 5 nitrogen and oxygen atoms in total. The highest BCUT2D eigenvalue weighted by atomic mass is 16.2. The van der Waals surface area contributed by atoms with Gasteiger partial charge in [-0.25, -0.2) is 0 Å². The SMILES string of the molecule is CCc1nn(C)cc1C(=O)N(CC1CCCCN1)C(C)C. The standard InChI is InChI=1S/C16H28N4O/c1-5-15-14(11-19(4)18-15)16(21)20(12(2)3)10-13-8-6-7-9-17-13/h11-13,17H,5-10H2,1-4H3. The van der Waals surface area contributed by atoms with Gasteiger partial charge in [0.05, 0.1) is 11.3 Å². The lowest BCUT2D eigenvalue weighted by Crippen LogP contribution is -2.48. The molecule has 0 aliphatic carbocycles. The van der Waals surface area contributed by atoms with E-state index in [0.717, 1.165) is 37.2 Å². The minimum absolute atomic E-state index is 0.113. The molecule has 0 saturated carbocycles. The fourth-order valence-corrected chi connectivity index (χ4v) is 2.97. The fraction of sp³-hybridized carbons (Fsp3) is 0.750. The molecule has 1 aromatic heterocycles. The van der Waals surface area contributed by atoms with Crippen molar-refractivity contribution in [3.8, 4) is 0 Å². The second-order valence-electron chi connectivity index (χ2n) is 6.21. The lowest BCUT2D eigenvalue weighted by Gasteiger charge is -2.33. The molecular formula is C16H28N4O. The van der Waals surface area contributed by atoms with Crippen LogP contribution in [0.3, 0.4) is 0 Å². The molecule has 21 heavy (non-hydrogen) atoms. The highest BCUT2D eigenvalue weighted by Gasteiger charge is 2.26. The molecule has 2 heterocycles. The number of piperidine rings is 1. The van der Waals surface area contributed by atoms with Crippen molar-refractivity contribution in [3.05, 3.63) is 17.5 Å². The maximum Gasteiger partial charge on any atom is 0.257 e. The first-order chi connectivity index (χ1) is 10.0. The van der Waals surface area contributed by atoms with Gasteiger partial charge >= 0.3 is 0 Å². The minimum Gasteiger partial charge on any atom is -0.335 e. The van der Waals surface area contributed by atoms with Crippen molar-refractivity contribution in [3.63, 3.8) is 0 Å². The number of aromatic nitrogens is 2. The number of carbonyl (C=O) groups is 1. The maximum absolute atomic E-state index is 12.9. The van der Waals surface area contributed by atoms with Gasteiger partial charge in [-0.3, -0.25) is 9.48 Å². The van der Waals surface area contributed by atoms with Gasteiger partial charge in [0.25, 0.3) is 5.91 Å². The Balaban J connectivity index is 2.14. The first-order valence-electron chi connectivity index (χ1n) is 8.09. The summed E-state index contributed by atoms with van der Waals surface area (Å²) in [5, 5.41) is 7.92. The Morgan fingerprint density at radius 1 is 1.52 bits per heavy atom. The molecule has 1 fully saturated rings. The van der Waals surface area contributed by atoms with Gasteiger partial charge in [0, 0.05) is 31.9 Å². The van der Waals surface area contributed by atoms with Crippen LogP contribution >= 0.6 is 0 Å². The molecule has 1 aliphatic rings. The summed E-state index contributed by atoms with van der Waals surface area (Å²) in [5.74, 6) is 0.113. The number of carbonyl (C=O) groups excluding carboxylic acids is 1. The fourth-order valence-electron chi connectivity index (χ4n) is 2.97. The maximum atomic E-state index is 12.9. The third kappa shape index (κ3) is 3.84. The van der Waals surface area contributed by atoms with Crippen LogP contribution in [0.1, 0.15) is 56.1 Å². The van der Waals surface area contributed by atoms with Crippen LogP contribution in [0.15, 0.2) is 6.20 Å². The highest BCUT2D eigenvalue weighted by molar-refractivity contribution is 5.95. The third-order valence-corrected chi connectivity index (χ3v) is 4.18. The summed E-state index contributed by atoms with van der Waals surface area (Å²) in [5.41, 5.74) is 1.65. The van der Waals surface area contributed by atoms with Crippen molar-refractivity contribution in [1.29, 1.82) is 0 Å². The number of hydrogen-bond donors (Lipinski definition) is 1. The third-order valence-electron chi connectivity index (χ3n) is 4.18. The molecule has 1 aromatic rings. The molecule has 0 bridgehead atoms. The number of aryl methyl sites for hydroxylation is 2. The largest absolute Gasteiger partial charge is 0.335 e. The van der Waals surface area contributed by atoms with Gasteiger partial charge in [0.2, 0.25) is 0 Å². The Kier molecular flexibility index (Phi) is 5.39.